The lowest BCUT2D eigenvalue weighted by molar-refractivity contribution is -0.155. The molecule has 1 aliphatic rings. The van der Waals surface area contributed by atoms with Gasteiger partial charge in [0.2, 0.25) is 0 Å². The van der Waals surface area contributed by atoms with Crippen molar-refractivity contribution in [1.29, 1.82) is 0 Å². The van der Waals surface area contributed by atoms with Crippen LogP contribution < -0.4 is 5.56 Å². The maximum Gasteiger partial charge on any atom is 0.320 e. The first-order valence-electron chi connectivity index (χ1n) is 11.8. The van der Waals surface area contributed by atoms with Gasteiger partial charge in [-0.05, 0) is 83.9 Å². The number of likely N-dealkylation sites (tertiary alicyclic amines) is 1. The van der Waals surface area contributed by atoms with Crippen LogP contribution in [0.3, 0.4) is 0 Å². The van der Waals surface area contributed by atoms with E-state index in [0.717, 1.165) is 37.9 Å². The first-order chi connectivity index (χ1) is 16.1. The Morgan fingerprint density at radius 2 is 1.74 bits per heavy atom. The summed E-state index contributed by atoms with van der Waals surface area (Å²) in [5, 5.41) is 6.70. The molecule has 6 nitrogen and oxygen atoms in total. The van der Waals surface area contributed by atoms with Crippen LogP contribution in [0.25, 0.3) is 10.8 Å². The van der Waals surface area contributed by atoms with Crippen molar-refractivity contribution >= 4 is 28.3 Å². The zero-order valence-electron chi connectivity index (χ0n) is 20.3. The quantitative estimate of drug-likeness (QED) is 0.480. The molecule has 0 radical (unpaired) electrons. The van der Waals surface area contributed by atoms with Crippen LogP contribution in [-0.4, -0.2) is 46.4 Å². The number of halogens is 1. The minimum atomic E-state index is -0.790. The Kier molecular flexibility index (Phi) is 7.10. The maximum absolute atomic E-state index is 13.6. The number of ether oxygens (including phenoxy) is 1. The Bertz CT molecular complexity index is 1230. The first-order valence-corrected chi connectivity index (χ1v) is 12.2. The van der Waals surface area contributed by atoms with Gasteiger partial charge in [-0.1, -0.05) is 41.9 Å². The lowest BCUT2D eigenvalue weighted by Gasteiger charge is -2.26. The monoisotopic (exact) mass is 481 g/mol. The molecule has 1 aliphatic heterocycles. The molecule has 0 N–H and O–H groups in total. The molecule has 7 heteroatoms. The molecule has 180 valence electrons. The number of aromatic nitrogens is 2. The predicted molar refractivity (Wildman–Crippen MR) is 136 cm³/mol. The van der Waals surface area contributed by atoms with E-state index in [0.29, 0.717) is 21.5 Å². The molecule has 0 saturated carbocycles. The number of hydrogen-bond acceptors (Lipinski definition) is 5. The third-order valence-corrected chi connectivity index (χ3v) is 6.50. The fourth-order valence-electron chi connectivity index (χ4n) is 4.58. The minimum absolute atomic E-state index is 0.0229. The summed E-state index contributed by atoms with van der Waals surface area (Å²) in [6.07, 6.45) is 2.69. The van der Waals surface area contributed by atoms with Gasteiger partial charge < -0.3 is 9.64 Å². The molecule has 2 atom stereocenters. The third-order valence-electron chi connectivity index (χ3n) is 6.24. The van der Waals surface area contributed by atoms with Gasteiger partial charge in [-0.2, -0.15) is 5.10 Å². The van der Waals surface area contributed by atoms with Gasteiger partial charge in [0.05, 0.1) is 17.1 Å². The van der Waals surface area contributed by atoms with E-state index in [9.17, 15) is 9.59 Å². The van der Waals surface area contributed by atoms with Gasteiger partial charge in [-0.25, -0.2) is 4.68 Å². The maximum atomic E-state index is 13.6. The Morgan fingerprint density at radius 3 is 2.41 bits per heavy atom. The average molecular weight is 482 g/mol. The van der Waals surface area contributed by atoms with E-state index in [4.69, 9.17) is 21.4 Å². The van der Waals surface area contributed by atoms with Crippen LogP contribution in [-0.2, 0) is 9.53 Å². The highest BCUT2D eigenvalue weighted by molar-refractivity contribution is 6.30. The second-order valence-electron chi connectivity index (χ2n) is 10.1. The number of hydrogen-bond donors (Lipinski definition) is 0. The zero-order valence-corrected chi connectivity index (χ0v) is 21.0. The summed E-state index contributed by atoms with van der Waals surface area (Å²) >= 11 is 6.14. The lowest BCUT2D eigenvalue weighted by Crippen LogP contribution is -2.33. The largest absolute Gasteiger partial charge is 0.459 e. The van der Waals surface area contributed by atoms with E-state index in [-0.39, 0.29) is 11.6 Å². The highest BCUT2D eigenvalue weighted by Crippen LogP contribution is 2.32. The molecule has 0 aliphatic carbocycles. The van der Waals surface area contributed by atoms with E-state index in [1.54, 1.807) is 16.8 Å². The third kappa shape index (κ3) is 5.34. The molecule has 34 heavy (non-hydrogen) atoms. The van der Waals surface area contributed by atoms with Gasteiger partial charge in [-0.3, -0.25) is 9.59 Å². The van der Waals surface area contributed by atoms with E-state index < -0.39 is 17.5 Å². The standard InChI is InChI=1S/C27H32ClN3O3/c1-27(2,3)34-26(33)23(18-11-13-19(28)14-12-18)24-21-9-5-6-10-22(21)25(32)31(29-24)20-8-7-16-30(4)17-15-20/h5-6,9-14,20,23H,7-8,15-17H2,1-4H3. The van der Waals surface area contributed by atoms with Crippen molar-refractivity contribution in [2.24, 2.45) is 0 Å². The highest BCUT2D eigenvalue weighted by atomic mass is 35.5. The molecule has 4 rings (SSSR count). The lowest BCUT2D eigenvalue weighted by atomic mass is 9.92. The summed E-state index contributed by atoms with van der Waals surface area (Å²) in [5.74, 6) is -1.19. The molecular formula is C27H32ClN3O3. The summed E-state index contributed by atoms with van der Waals surface area (Å²) in [4.78, 5) is 29.4. The SMILES string of the molecule is CN1CCCC(n2nc(C(C(=O)OC(C)(C)C)c3ccc(Cl)cc3)c3ccccc3c2=O)CC1. The molecule has 0 spiro atoms. The molecule has 2 heterocycles. The fourth-order valence-corrected chi connectivity index (χ4v) is 4.71. The summed E-state index contributed by atoms with van der Waals surface area (Å²) in [7, 11) is 2.10. The van der Waals surface area contributed by atoms with E-state index in [1.165, 1.54) is 0 Å². The van der Waals surface area contributed by atoms with E-state index >= 15 is 0 Å². The molecule has 1 saturated heterocycles. The molecular weight excluding hydrogens is 450 g/mol. The number of nitrogens with zero attached hydrogens (tertiary/aromatic N) is 3. The number of fused-ring (bicyclic) bond motifs is 1. The molecule has 0 bridgehead atoms. The van der Waals surface area contributed by atoms with Crippen LogP contribution >= 0.6 is 11.6 Å². The first kappa shape index (κ1) is 24.4. The minimum Gasteiger partial charge on any atom is -0.459 e. The number of carbonyl (C=O) groups is 1. The number of esters is 1. The molecule has 2 unspecified atom stereocenters. The molecule has 3 aromatic rings. The van der Waals surface area contributed by atoms with Crippen LogP contribution in [0.5, 0.6) is 0 Å². The molecule has 2 aromatic carbocycles. The fraction of sp³-hybridized carbons (Fsp3) is 0.444. The van der Waals surface area contributed by atoms with Crippen LogP contribution in [0.4, 0.5) is 0 Å². The number of benzene rings is 2. The summed E-state index contributed by atoms with van der Waals surface area (Å²) in [6, 6.07) is 14.5. The van der Waals surface area contributed by atoms with Crippen molar-refractivity contribution in [2.45, 2.75) is 57.6 Å². The van der Waals surface area contributed by atoms with Gasteiger partial charge in [0.1, 0.15) is 11.5 Å². The van der Waals surface area contributed by atoms with Crippen molar-refractivity contribution in [1.82, 2.24) is 14.7 Å². The smallest absolute Gasteiger partial charge is 0.320 e. The van der Waals surface area contributed by atoms with Gasteiger partial charge in [0.25, 0.3) is 5.56 Å². The second-order valence-corrected chi connectivity index (χ2v) is 10.5. The van der Waals surface area contributed by atoms with Crippen LogP contribution in [0, 0.1) is 0 Å². The topological polar surface area (TPSA) is 64.4 Å². The second kappa shape index (κ2) is 9.88. The average Bonchev–Trinajstić information content (AvgIpc) is 3.00. The van der Waals surface area contributed by atoms with E-state index in [1.807, 2.05) is 57.2 Å². The van der Waals surface area contributed by atoms with Gasteiger partial charge in [0, 0.05) is 10.4 Å². The van der Waals surface area contributed by atoms with Crippen molar-refractivity contribution < 1.29 is 9.53 Å². The molecule has 1 aromatic heterocycles. The van der Waals surface area contributed by atoms with Crippen molar-refractivity contribution in [3.8, 4) is 0 Å². The highest BCUT2D eigenvalue weighted by Gasteiger charge is 2.33. The summed E-state index contributed by atoms with van der Waals surface area (Å²) in [5.41, 5.74) is 0.470. The summed E-state index contributed by atoms with van der Waals surface area (Å²) < 4.78 is 7.45. The van der Waals surface area contributed by atoms with E-state index in [2.05, 4.69) is 11.9 Å². The van der Waals surface area contributed by atoms with Crippen LogP contribution in [0.15, 0.2) is 53.3 Å². The Hall–Kier alpha value is -2.70. The van der Waals surface area contributed by atoms with Gasteiger partial charge >= 0.3 is 5.97 Å². The summed E-state index contributed by atoms with van der Waals surface area (Å²) in [6.45, 7) is 7.43. The normalized spacial score (nSPS) is 18.4. The van der Waals surface area contributed by atoms with Gasteiger partial charge in [0.15, 0.2) is 0 Å². The Labute approximate surface area is 205 Å². The molecule has 1 fully saturated rings. The molecule has 0 amide bonds. The van der Waals surface area contributed by atoms with Crippen molar-refractivity contribution in [3.05, 3.63) is 75.2 Å². The van der Waals surface area contributed by atoms with Crippen molar-refractivity contribution in [3.63, 3.8) is 0 Å². The number of rotatable bonds is 4. The van der Waals surface area contributed by atoms with Crippen LogP contribution in [0.2, 0.25) is 5.02 Å². The Morgan fingerprint density at radius 1 is 1.06 bits per heavy atom. The zero-order chi connectivity index (χ0) is 24.5. The van der Waals surface area contributed by atoms with Gasteiger partial charge in [-0.15, -0.1) is 0 Å². The van der Waals surface area contributed by atoms with Crippen LogP contribution in [0.1, 0.15) is 63.3 Å². The Balaban J connectivity index is 1.93. The van der Waals surface area contributed by atoms with Crippen molar-refractivity contribution in [2.75, 3.05) is 20.1 Å². The number of carbonyl (C=O) groups excluding carboxylic acids is 1. The predicted octanol–water partition coefficient (Wildman–Crippen LogP) is 5.18.